The zero-order valence-corrected chi connectivity index (χ0v) is 13.0. The van der Waals surface area contributed by atoms with Crippen LogP contribution in [0.5, 0.6) is 0 Å². The van der Waals surface area contributed by atoms with Crippen molar-refractivity contribution < 1.29 is 9.53 Å². The molecule has 0 fully saturated rings. The fourth-order valence-corrected chi connectivity index (χ4v) is 1.85. The first kappa shape index (κ1) is 15.8. The number of nitrogen functional groups attached to an aromatic ring is 1. The second-order valence-electron chi connectivity index (χ2n) is 5.93. The molecule has 0 saturated carbocycles. The number of hydrogen-bond acceptors (Lipinski definition) is 5. The van der Waals surface area contributed by atoms with Gasteiger partial charge in [-0.1, -0.05) is 12.1 Å². The van der Waals surface area contributed by atoms with Crippen LogP contribution in [-0.2, 0) is 11.2 Å². The summed E-state index contributed by atoms with van der Waals surface area (Å²) in [5.41, 5.74) is 7.70. The van der Waals surface area contributed by atoms with Crippen molar-refractivity contribution in [3.8, 4) is 0 Å². The average molecular weight is 300 g/mol. The largest absolute Gasteiger partial charge is 0.444 e. The number of nitrogens with one attached hydrogen (secondary N) is 1. The Balaban J connectivity index is 1.97. The third-order valence-corrected chi connectivity index (χ3v) is 2.73. The summed E-state index contributed by atoms with van der Waals surface area (Å²) in [6, 6.07) is 9.23. The van der Waals surface area contributed by atoms with Crippen molar-refractivity contribution in [3.05, 3.63) is 47.9 Å². The van der Waals surface area contributed by atoms with E-state index in [1.54, 1.807) is 6.07 Å². The third-order valence-electron chi connectivity index (χ3n) is 2.73. The Morgan fingerprint density at radius 2 is 1.91 bits per heavy atom. The molecule has 0 spiro atoms. The van der Waals surface area contributed by atoms with Gasteiger partial charge in [-0.3, -0.25) is 5.32 Å². The number of anilines is 2. The molecular weight excluding hydrogens is 280 g/mol. The number of benzene rings is 1. The van der Waals surface area contributed by atoms with Gasteiger partial charge in [-0.05, 0) is 38.5 Å². The minimum Gasteiger partial charge on any atom is -0.444 e. The smallest absolute Gasteiger partial charge is 0.412 e. The van der Waals surface area contributed by atoms with E-state index in [4.69, 9.17) is 10.5 Å². The van der Waals surface area contributed by atoms with Gasteiger partial charge < -0.3 is 10.5 Å². The van der Waals surface area contributed by atoms with Gasteiger partial charge in [-0.2, -0.15) is 0 Å². The highest BCUT2D eigenvalue weighted by Crippen LogP contribution is 2.15. The van der Waals surface area contributed by atoms with Crippen molar-refractivity contribution in [1.29, 1.82) is 0 Å². The van der Waals surface area contributed by atoms with E-state index in [9.17, 15) is 4.79 Å². The number of ether oxygens (including phenoxy) is 1. The lowest BCUT2D eigenvalue weighted by Gasteiger charge is -2.19. The summed E-state index contributed by atoms with van der Waals surface area (Å²) in [7, 11) is 0. The van der Waals surface area contributed by atoms with E-state index in [1.165, 1.54) is 6.33 Å². The second-order valence-corrected chi connectivity index (χ2v) is 5.93. The maximum Gasteiger partial charge on any atom is 0.412 e. The summed E-state index contributed by atoms with van der Waals surface area (Å²) in [6.45, 7) is 5.47. The van der Waals surface area contributed by atoms with Crippen LogP contribution in [0.2, 0.25) is 0 Å². The molecule has 2 rings (SSSR count). The lowest BCUT2D eigenvalue weighted by Crippen LogP contribution is -2.27. The lowest BCUT2D eigenvalue weighted by molar-refractivity contribution is 0.0636. The van der Waals surface area contributed by atoms with Gasteiger partial charge >= 0.3 is 6.09 Å². The van der Waals surface area contributed by atoms with E-state index in [0.29, 0.717) is 17.9 Å². The highest BCUT2D eigenvalue weighted by molar-refractivity contribution is 5.84. The Kier molecular flexibility index (Phi) is 4.60. The molecule has 1 heterocycles. The second kappa shape index (κ2) is 6.43. The summed E-state index contributed by atoms with van der Waals surface area (Å²) in [5, 5.41) is 2.69. The van der Waals surface area contributed by atoms with Crippen LogP contribution >= 0.6 is 0 Å². The molecule has 2 aromatic rings. The number of hydrogen-bond donors (Lipinski definition) is 2. The fourth-order valence-electron chi connectivity index (χ4n) is 1.85. The van der Waals surface area contributed by atoms with Crippen LogP contribution in [0.4, 0.5) is 16.3 Å². The molecule has 0 aliphatic rings. The Hall–Kier alpha value is -2.63. The van der Waals surface area contributed by atoms with E-state index in [2.05, 4.69) is 15.3 Å². The van der Waals surface area contributed by atoms with Gasteiger partial charge in [0.2, 0.25) is 0 Å². The Morgan fingerprint density at radius 1 is 1.23 bits per heavy atom. The first-order valence-corrected chi connectivity index (χ1v) is 6.97. The molecule has 6 heteroatoms. The Morgan fingerprint density at radius 3 is 2.50 bits per heavy atom. The molecule has 0 bridgehead atoms. The van der Waals surface area contributed by atoms with Crippen molar-refractivity contribution in [1.82, 2.24) is 9.97 Å². The van der Waals surface area contributed by atoms with Crippen molar-refractivity contribution in [2.45, 2.75) is 32.8 Å². The molecule has 1 aromatic carbocycles. The first-order valence-electron chi connectivity index (χ1n) is 6.97. The molecule has 0 saturated heterocycles. The molecular formula is C16H20N4O2. The molecule has 0 aliphatic carbocycles. The molecule has 1 amide bonds. The van der Waals surface area contributed by atoms with Crippen LogP contribution in [0.15, 0.2) is 36.7 Å². The summed E-state index contributed by atoms with van der Waals surface area (Å²) in [4.78, 5) is 19.7. The predicted molar refractivity (Wildman–Crippen MR) is 85.5 cm³/mol. The maximum atomic E-state index is 11.7. The SMILES string of the molecule is CC(C)(C)OC(=O)Nc1ccc(Cc2cc(N)ncn2)cc1. The van der Waals surface area contributed by atoms with E-state index in [0.717, 1.165) is 11.3 Å². The Bertz CT molecular complexity index is 648. The third kappa shape index (κ3) is 5.05. The summed E-state index contributed by atoms with van der Waals surface area (Å²) in [5.74, 6) is 0.452. The molecule has 6 nitrogen and oxygen atoms in total. The number of nitrogens with two attached hydrogens (primary N) is 1. The summed E-state index contributed by atoms with van der Waals surface area (Å²) in [6.07, 6.45) is 1.63. The van der Waals surface area contributed by atoms with Gasteiger partial charge in [0.1, 0.15) is 17.7 Å². The molecule has 116 valence electrons. The highest BCUT2D eigenvalue weighted by Gasteiger charge is 2.16. The van der Waals surface area contributed by atoms with Crippen molar-refractivity contribution in [3.63, 3.8) is 0 Å². The number of aromatic nitrogens is 2. The minimum absolute atomic E-state index is 0.452. The van der Waals surface area contributed by atoms with E-state index in [1.807, 2.05) is 45.0 Å². The quantitative estimate of drug-likeness (QED) is 0.909. The number of carbonyl (C=O) groups is 1. The molecule has 1 aromatic heterocycles. The Labute approximate surface area is 129 Å². The average Bonchev–Trinajstić information content (AvgIpc) is 2.39. The van der Waals surface area contributed by atoms with Crippen LogP contribution < -0.4 is 11.1 Å². The zero-order chi connectivity index (χ0) is 16.2. The van der Waals surface area contributed by atoms with Gasteiger partial charge in [0.05, 0.1) is 5.69 Å². The number of carbonyl (C=O) groups excluding carboxylic acids is 1. The van der Waals surface area contributed by atoms with Gasteiger partial charge in [0, 0.05) is 18.2 Å². The normalized spacial score (nSPS) is 11.0. The van der Waals surface area contributed by atoms with E-state index in [-0.39, 0.29) is 0 Å². The molecule has 22 heavy (non-hydrogen) atoms. The van der Waals surface area contributed by atoms with Crippen molar-refractivity contribution in [2.75, 3.05) is 11.1 Å². The maximum absolute atomic E-state index is 11.7. The first-order chi connectivity index (χ1) is 10.3. The number of rotatable bonds is 3. The van der Waals surface area contributed by atoms with Gasteiger partial charge in [0.25, 0.3) is 0 Å². The molecule has 0 atom stereocenters. The monoisotopic (exact) mass is 300 g/mol. The highest BCUT2D eigenvalue weighted by atomic mass is 16.6. The molecule has 0 aliphatic heterocycles. The topological polar surface area (TPSA) is 90.1 Å². The van der Waals surface area contributed by atoms with Crippen LogP contribution in [-0.4, -0.2) is 21.7 Å². The number of amides is 1. The molecule has 0 unspecified atom stereocenters. The van der Waals surface area contributed by atoms with Gasteiger partial charge in [0.15, 0.2) is 0 Å². The van der Waals surface area contributed by atoms with E-state index >= 15 is 0 Å². The standard InChI is InChI=1S/C16H20N4O2/c1-16(2,3)22-15(21)20-12-6-4-11(5-7-12)8-13-9-14(17)19-10-18-13/h4-7,9-10H,8H2,1-3H3,(H,20,21)(H2,17,18,19). The predicted octanol–water partition coefficient (Wildman–Crippen LogP) is 3.00. The fraction of sp³-hybridized carbons (Fsp3) is 0.312. The number of nitrogens with zero attached hydrogens (tertiary/aromatic N) is 2. The summed E-state index contributed by atoms with van der Waals surface area (Å²) >= 11 is 0. The van der Waals surface area contributed by atoms with Crippen LogP contribution in [0.3, 0.4) is 0 Å². The lowest BCUT2D eigenvalue weighted by atomic mass is 10.1. The van der Waals surface area contributed by atoms with E-state index < -0.39 is 11.7 Å². The minimum atomic E-state index is -0.517. The molecule has 0 radical (unpaired) electrons. The summed E-state index contributed by atoms with van der Waals surface area (Å²) < 4.78 is 5.20. The van der Waals surface area contributed by atoms with Gasteiger partial charge in [-0.15, -0.1) is 0 Å². The van der Waals surface area contributed by atoms with Crippen molar-refractivity contribution in [2.24, 2.45) is 0 Å². The van der Waals surface area contributed by atoms with Crippen LogP contribution in [0.25, 0.3) is 0 Å². The zero-order valence-electron chi connectivity index (χ0n) is 13.0. The van der Waals surface area contributed by atoms with Crippen LogP contribution in [0, 0.1) is 0 Å². The molecule has 3 N–H and O–H groups in total. The van der Waals surface area contributed by atoms with Crippen LogP contribution in [0.1, 0.15) is 32.0 Å². The van der Waals surface area contributed by atoms with Crippen molar-refractivity contribution >= 4 is 17.6 Å². The van der Waals surface area contributed by atoms with Gasteiger partial charge in [-0.25, -0.2) is 14.8 Å².